The van der Waals surface area contributed by atoms with Gasteiger partial charge in [0, 0.05) is 16.8 Å². The Kier molecular flexibility index (Phi) is 4.51. The Morgan fingerprint density at radius 1 is 1.09 bits per heavy atom. The lowest BCUT2D eigenvalue weighted by atomic mass is 9.82. The molecule has 1 aliphatic heterocycles. The predicted molar refractivity (Wildman–Crippen MR) is 122 cm³/mol. The molecule has 3 aromatic carbocycles. The van der Waals surface area contributed by atoms with Crippen molar-refractivity contribution in [2.24, 2.45) is 0 Å². The monoisotopic (exact) mass is 444 g/mol. The SMILES string of the molecule is COc1ccccc1C(=O)NC12C(=O)c3c(N)cccc3C1(O)Oc1cc(C(C)C)ccc12. The first-order valence-corrected chi connectivity index (χ1v) is 10.7. The minimum atomic E-state index is -2.16. The van der Waals surface area contributed by atoms with Gasteiger partial charge in [-0.25, -0.2) is 0 Å². The second kappa shape index (κ2) is 7.08. The van der Waals surface area contributed by atoms with Crippen molar-refractivity contribution in [3.63, 3.8) is 0 Å². The van der Waals surface area contributed by atoms with Crippen LogP contribution in [0.3, 0.4) is 0 Å². The number of rotatable bonds is 4. The third kappa shape index (κ3) is 2.66. The average Bonchev–Trinajstić information content (AvgIpc) is 3.16. The van der Waals surface area contributed by atoms with E-state index >= 15 is 0 Å². The number of ketones is 1. The van der Waals surface area contributed by atoms with Gasteiger partial charge in [-0.05, 0) is 35.7 Å². The van der Waals surface area contributed by atoms with Crippen LogP contribution in [-0.2, 0) is 11.3 Å². The largest absolute Gasteiger partial charge is 0.496 e. The maximum absolute atomic E-state index is 14.0. The van der Waals surface area contributed by atoms with Gasteiger partial charge in [-0.1, -0.05) is 50.2 Å². The van der Waals surface area contributed by atoms with Gasteiger partial charge in [0.25, 0.3) is 11.7 Å². The van der Waals surface area contributed by atoms with E-state index in [2.05, 4.69) is 5.32 Å². The molecular weight excluding hydrogens is 420 g/mol. The molecule has 0 fully saturated rings. The molecule has 3 aromatic rings. The molecule has 0 bridgehead atoms. The fourth-order valence-corrected chi connectivity index (χ4v) is 4.82. The van der Waals surface area contributed by atoms with Gasteiger partial charge < -0.3 is 25.6 Å². The van der Waals surface area contributed by atoms with Crippen LogP contribution in [0.1, 0.15) is 57.2 Å². The summed E-state index contributed by atoms with van der Waals surface area (Å²) in [7, 11) is 1.46. The zero-order valence-electron chi connectivity index (χ0n) is 18.5. The molecule has 4 N–H and O–H groups in total. The van der Waals surface area contributed by atoms with Gasteiger partial charge in [0.1, 0.15) is 11.5 Å². The minimum Gasteiger partial charge on any atom is -0.496 e. The molecule has 2 atom stereocenters. The van der Waals surface area contributed by atoms with Crippen LogP contribution in [0.15, 0.2) is 60.7 Å². The number of hydrogen-bond donors (Lipinski definition) is 3. The highest BCUT2D eigenvalue weighted by Gasteiger charge is 2.72. The summed E-state index contributed by atoms with van der Waals surface area (Å²) in [5, 5.41) is 14.8. The number of Topliss-reactive ketones (excluding diaryl/α,β-unsaturated/α-hetero) is 1. The first-order chi connectivity index (χ1) is 15.7. The molecule has 2 aliphatic rings. The van der Waals surface area contributed by atoms with Crippen molar-refractivity contribution in [3.8, 4) is 11.5 Å². The van der Waals surface area contributed by atoms with E-state index in [1.54, 1.807) is 54.6 Å². The Morgan fingerprint density at radius 2 is 1.85 bits per heavy atom. The van der Waals surface area contributed by atoms with Gasteiger partial charge in [0.05, 0.1) is 18.2 Å². The van der Waals surface area contributed by atoms with E-state index in [9.17, 15) is 14.7 Å². The Morgan fingerprint density at radius 3 is 2.58 bits per heavy atom. The molecule has 33 heavy (non-hydrogen) atoms. The van der Waals surface area contributed by atoms with Gasteiger partial charge in [0.15, 0.2) is 0 Å². The van der Waals surface area contributed by atoms with Crippen LogP contribution in [0.4, 0.5) is 5.69 Å². The molecule has 2 unspecified atom stereocenters. The molecule has 1 amide bonds. The van der Waals surface area contributed by atoms with Crippen LogP contribution in [0.2, 0.25) is 0 Å². The van der Waals surface area contributed by atoms with Gasteiger partial charge in [-0.2, -0.15) is 0 Å². The molecule has 168 valence electrons. The number of anilines is 1. The van der Waals surface area contributed by atoms with Crippen molar-refractivity contribution < 1.29 is 24.2 Å². The van der Waals surface area contributed by atoms with E-state index in [0.29, 0.717) is 17.1 Å². The molecule has 7 heteroatoms. The number of carbonyl (C=O) groups is 2. The number of nitrogens with one attached hydrogen (secondary N) is 1. The highest BCUT2D eigenvalue weighted by atomic mass is 16.6. The average molecular weight is 444 g/mol. The first-order valence-electron chi connectivity index (χ1n) is 10.7. The molecule has 1 heterocycles. The molecule has 1 aliphatic carbocycles. The Labute approximate surface area is 191 Å². The number of fused-ring (bicyclic) bond motifs is 5. The molecule has 7 nitrogen and oxygen atoms in total. The van der Waals surface area contributed by atoms with E-state index in [0.717, 1.165) is 5.56 Å². The normalized spacial score (nSPS) is 22.4. The number of methoxy groups -OCH3 is 1. The van der Waals surface area contributed by atoms with Gasteiger partial charge in [-0.15, -0.1) is 0 Å². The third-order valence-electron chi connectivity index (χ3n) is 6.52. The number of hydrogen-bond acceptors (Lipinski definition) is 6. The van der Waals surface area contributed by atoms with Crippen LogP contribution >= 0.6 is 0 Å². The number of benzene rings is 3. The second-order valence-electron chi connectivity index (χ2n) is 8.66. The summed E-state index contributed by atoms with van der Waals surface area (Å²) in [6.07, 6.45) is 0. The number of ether oxygens (including phenoxy) is 2. The van der Waals surface area contributed by atoms with Crippen LogP contribution in [0.25, 0.3) is 0 Å². The molecule has 0 saturated carbocycles. The van der Waals surface area contributed by atoms with E-state index in [1.807, 2.05) is 19.9 Å². The quantitative estimate of drug-likeness (QED) is 0.532. The molecule has 0 saturated heterocycles. The van der Waals surface area contributed by atoms with Crippen LogP contribution in [0.5, 0.6) is 11.5 Å². The van der Waals surface area contributed by atoms with E-state index in [-0.39, 0.29) is 28.3 Å². The summed E-state index contributed by atoms with van der Waals surface area (Å²) >= 11 is 0. The minimum absolute atomic E-state index is 0.138. The fourth-order valence-electron chi connectivity index (χ4n) is 4.82. The zero-order valence-corrected chi connectivity index (χ0v) is 18.5. The molecule has 5 rings (SSSR count). The summed E-state index contributed by atoms with van der Waals surface area (Å²) in [5.41, 5.74) is 6.36. The maximum Gasteiger partial charge on any atom is 0.271 e. The third-order valence-corrected chi connectivity index (χ3v) is 6.52. The van der Waals surface area contributed by atoms with Crippen LogP contribution < -0.4 is 20.5 Å². The predicted octanol–water partition coefficient (Wildman–Crippen LogP) is 3.46. The standard InChI is InChI=1S/C26H24N2O5/c1-14(2)15-11-12-17-21(13-15)33-26(31)18-8-6-9-19(27)22(18)23(29)25(17,26)28-24(30)16-7-4-5-10-20(16)32-3/h4-14,31H,27H2,1-3H3,(H,28,30). The summed E-state index contributed by atoms with van der Waals surface area (Å²) in [5.74, 6) is -2.40. The van der Waals surface area contributed by atoms with Crippen molar-refractivity contribution in [1.29, 1.82) is 0 Å². The molecule has 0 aromatic heterocycles. The van der Waals surface area contributed by atoms with Gasteiger partial charge in [0.2, 0.25) is 11.3 Å². The van der Waals surface area contributed by atoms with E-state index < -0.39 is 23.0 Å². The maximum atomic E-state index is 14.0. The summed E-state index contributed by atoms with van der Waals surface area (Å²) in [6.45, 7) is 4.07. The molecular formula is C26H24N2O5. The Balaban J connectivity index is 1.73. The smallest absolute Gasteiger partial charge is 0.271 e. The number of nitrogens with two attached hydrogens (primary N) is 1. The number of amides is 1. The number of para-hydroxylation sites is 1. The summed E-state index contributed by atoms with van der Waals surface area (Å²) < 4.78 is 11.4. The second-order valence-corrected chi connectivity index (χ2v) is 8.66. The van der Waals surface area contributed by atoms with Crippen molar-refractivity contribution in [1.82, 2.24) is 5.32 Å². The van der Waals surface area contributed by atoms with Crippen molar-refractivity contribution in [3.05, 3.63) is 88.5 Å². The Hall–Kier alpha value is -3.84. The van der Waals surface area contributed by atoms with Crippen molar-refractivity contribution >= 4 is 17.4 Å². The van der Waals surface area contributed by atoms with E-state index in [4.69, 9.17) is 15.2 Å². The van der Waals surface area contributed by atoms with Crippen molar-refractivity contribution in [2.45, 2.75) is 31.1 Å². The van der Waals surface area contributed by atoms with Crippen molar-refractivity contribution in [2.75, 3.05) is 12.8 Å². The Bertz CT molecular complexity index is 1320. The van der Waals surface area contributed by atoms with E-state index in [1.165, 1.54) is 7.11 Å². The summed E-state index contributed by atoms with van der Waals surface area (Å²) in [6, 6.07) is 16.9. The fraction of sp³-hybridized carbons (Fsp3) is 0.231. The lowest BCUT2D eigenvalue weighted by Gasteiger charge is -2.34. The highest BCUT2D eigenvalue weighted by molar-refractivity contribution is 6.16. The first kappa shape index (κ1) is 21.0. The molecule has 0 spiro atoms. The lowest BCUT2D eigenvalue weighted by Crippen LogP contribution is -2.60. The number of aliphatic hydroxyl groups is 1. The van der Waals surface area contributed by atoms with Crippen LogP contribution in [-0.4, -0.2) is 23.9 Å². The van der Waals surface area contributed by atoms with Crippen LogP contribution in [0, 0.1) is 0 Å². The summed E-state index contributed by atoms with van der Waals surface area (Å²) in [4.78, 5) is 27.4. The zero-order chi connectivity index (χ0) is 23.5. The topological polar surface area (TPSA) is 111 Å². The lowest BCUT2D eigenvalue weighted by molar-refractivity contribution is -0.169. The highest BCUT2D eigenvalue weighted by Crippen LogP contribution is 2.59. The van der Waals surface area contributed by atoms with Gasteiger partial charge in [-0.3, -0.25) is 9.59 Å². The molecule has 0 radical (unpaired) electrons. The van der Waals surface area contributed by atoms with Gasteiger partial charge >= 0.3 is 0 Å². The number of carbonyl (C=O) groups excluding carboxylic acids is 2. The number of nitrogen functional groups attached to an aromatic ring is 1.